The third-order valence-electron chi connectivity index (χ3n) is 1.82. The lowest BCUT2D eigenvalue weighted by Crippen LogP contribution is -1.91. The molecule has 0 radical (unpaired) electrons. The van der Waals surface area contributed by atoms with Crippen LogP contribution in [-0.4, -0.2) is 31.6 Å². The predicted octanol–water partition coefficient (Wildman–Crippen LogP) is 2.36. The fourth-order valence-corrected chi connectivity index (χ4v) is 5.40. The van der Waals surface area contributed by atoms with Gasteiger partial charge in [-0.05, 0) is 22.5 Å². The molecule has 0 spiro atoms. The predicted molar refractivity (Wildman–Crippen MR) is 74.5 cm³/mol. The molecule has 96 valence electrons. The number of nitrogens with zero attached hydrogens (tertiary/aromatic N) is 3. The van der Waals surface area contributed by atoms with Gasteiger partial charge in [0.15, 0.2) is 8.68 Å². The number of hydrogen-bond donors (Lipinski definition) is 0. The summed E-state index contributed by atoms with van der Waals surface area (Å²) in [5, 5.41) is 10.6. The maximum absolute atomic E-state index is 11.3. The highest BCUT2D eigenvalue weighted by Gasteiger charge is 2.17. The van der Waals surface area contributed by atoms with E-state index < -0.39 is 26.6 Å². The third-order valence-corrected chi connectivity index (χ3v) is 7.54. The van der Waals surface area contributed by atoms with Gasteiger partial charge in [0.25, 0.3) is 0 Å². The second-order valence-electron chi connectivity index (χ2n) is 3.01. The van der Waals surface area contributed by atoms with Gasteiger partial charge in [-0.2, -0.15) is 0 Å². The molecule has 0 fully saturated rings. The number of thiazole rings is 2. The van der Waals surface area contributed by atoms with E-state index in [-0.39, 0.29) is 5.00 Å². The summed E-state index contributed by atoms with van der Waals surface area (Å²) >= 11 is 1.21. The monoisotopic (exact) mass is 321 g/mol. The Kier molecular flexibility index (Phi) is 4.12. The van der Waals surface area contributed by atoms with Crippen molar-refractivity contribution in [2.24, 2.45) is 0 Å². The molecule has 2 aromatic rings. The van der Waals surface area contributed by atoms with Crippen LogP contribution in [0.4, 0.5) is 5.00 Å². The summed E-state index contributed by atoms with van der Waals surface area (Å²) in [6.07, 6.45) is 4.34. The maximum atomic E-state index is 11.3. The fourth-order valence-electron chi connectivity index (χ4n) is 1.01. The molecule has 6 nitrogen and oxygen atoms in total. The van der Waals surface area contributed by atoms with Gasteiger partial charge >= 0.3 is 5.00 Å². The molecule has 0 N–H and O–H groups in total. The first-order valence-electron chi connectivity index (χ1n) is 4.42. The van der Waals surface area contributed by atoms with Crippen molar-refractivity contribution in [1.29, 1.82) is 0 Å². The smallest absolute Gasteiger partial charge is 0.344 e. The lowest BCUT2D eigenvalue weighted by Gasteiger charge is -1.98. The average molecular weight is 321 g/mol. The number of rotatable bonds is 4. The summed E-state index contributed by atoms with van der Waals surface area (Å²) in [5.41, 5.74) is 0. The molecular weight excluding hydrogens is 314 g/mol. The molecule has 0 aliphatic heterocycles. The molecule has 2 rings (SSSR count). The molecule has 0 aromatic carbocycles. The largest absolute Gasteiger partial charge is 0.611 e. The molecule has 0 amide bonds. The average Bonchev–Trinajstić information content (AvgIpc) is 2.97. The Morgan fingerprint density at radius 1 is 1.39 bits per heavy atom. The van der Waals surface area contributed by atoms with Crippen LogP contribution in [0.2, 0.25) is 0 Å². The highest BCUT2D eigenvalue weighted by Crippen LogP contribution is 2.41. The van der Waals surface area contributed by atoms with Gasteiger partial charge in [-0.25, -0.2) is 9.97 Å². The van der Waals surface area contributed by atoms with Crippen molar-refractivity contribution >= 4 is 55.2 Å². The molecule has 10 heteroatoms. The van der Waals surface area contributed by atoms with Crippen molar-refractivity contribution in [2.45, 2.75) is 12.9 Å². The van der Waals surface area contributed by atoms with Crippen molar-refractivity contribution in [1.82, 2.24) is 9.97 Å². The van der Waals surface area contributed by atoms with E-state index in [9.17, 15) is 14.7 Å². The Labute approximate surface area is 116 Å². The Morgan fingerprint density at radius 2 is 2.00 bits per heavy atom. The summed E-state index contributed by atoms with van der Waals surface area (Å²) in [4.78, 5) is 18.2. The normalized spacial score (nSPS) is 14.3. The van der Waals surface area contributed by atoms with Crippen molar-refractivity contribution in [3.05, 3.63) is 22.5 Å². The van der Waals surface area contributed by atoms with Crippen LogP contribution >= 0.6 is 33.2 Å². The summed E-state index contributed by atoms with van der Waals surface area (Å²) in [5.74, 6) is 3.93. The Hall–Kier alpha value is -0.810. The van der Waals surface area contributed by atoms with Crippen LogP contribution in [0.1, 0.15) is 0 Å². The van der Waals surface area contributed by atoms with E-state index >= 15 is 0 Å². The van der Waals surface area contributed by atoms with E-state index in [0.717, 1.165) is 11.3 Å². The minimum Gasteiger partial charge on any atom is -0.611 e. The van der Waals surface area contributed by atoms with E-state index in [1.165, 1.54) is 17.5 Å². The van der Waals surface area contributed by atoms with Gasteiger partial charge in [-0.1, -0.05) is 27.7 Å². The Bertz CT molecular complexity index is 606. The van der Waals surface area contributed by atoms with Crippen molar-refractivity contribution in [3.8, 4) is 0 Å². The van der Waals surface area contributed by atoms with E-state index in [2.05, 4.69) is 15.8 Å². The second kappa shape index (κ2) is 5.45. The summed E-state index contributed by atoms with van der Waals surface area (Å²) in [6, 6.07) is 0. The molecule has 2 aromatic heterocycles. The number of hydrogen-bond acceptors (Lipinski definition) is 7. The van der Waals surface area contributed by atoms with Gasteiger partial charge in [-0.3, -0.25) is 10.1 Å². The summed E-state index contributed by atoms with van der Waals surface area (Å²) < 4.78 is 13.2. The Balaban J connectivity index is 2.26. The van der Waals surface area contributed by atoms with Crippen molar-refractivity contribution in [2.75, 3.05) is 6.26 Å². The van der Waals surface area contributed by atoms with Gasteiger partial charge in [0.05, 0.1) is 11.1 Å². The van der Waals surface area contributed by atoms with Gasteiger partial charge < -0.3 is 4.55 Å². The zero-order chi connectivity index (χ0) is 13.3. The van der Waals surface area contributed by atoms with Gasteiger partial charge in [0, 0.05) is 0 Å². The molecular formula is C8H7N3O3S4. The molecule has 0 aliphatic carbocycles. The molecule has 2 unspecified atom stereocenters. The molecule has 0 aliphatic rings. The molecule has 18 heavy (non-hydrogen) atoms. The molecule has 2 heterocycles. The van der Waals surface area contributed by atoms with Crippen molar-refractivity contribution in [3.63, 3.8) is 0 Å². The molecule has 0 saturated carbocycles. The first kappa shape index (κ1) is 13.6. The molecule has 0 bridgehead atoms. The van der Waals surface area contributed by atoms with E-state index in [1.54, 1.807) is 12.5 Å². The highest BCUT2D eigenvalue weighted by atomic mass is 32.3. The van der Waals surface area contributed by atoms with Crippen LogP contribution < -0.4 is 0 Å². The second-order valence-corrected chi connectivity index (χ2v) is 8.73. The van der Waals surface area contributed by atoms with Crippen LogP contribution in [0, 0.1) is 10.1 Å². The first-order chi connectivity index (χ1) is 8.49. The van der Waals surface area contributed by atoms with Crippen LogP contribution in [0.25, 0.3) is 0 Å². The fraction of sp³-hybridized carbons (Fsp3) is 0.125. The van der Waals surface area contributed by atoms with Gasteiger partial charge in [0.2, 0.25) is 4.21 Å². The molecule has 0 saturated heterocycles. The van der Waals surface area contributed by atoms with Crippen LogP contribution in [0.3, 0.4) is 0 Å². The number of aromatic nitrogens is 2. The highest BCUT2D eigenvalue weighted by molar-refractivity contribution is 8.16. The zero-order valence-electron chi connectivity index (χ0n) is 9.06. The minimum atomic E-state index is -1.08. The standard InChI is InChI=1S/C8H7N3O3S4/c1-17(7-9-3-5(15-7)11(12)13)8-10-4-6(16-8)18(2)14/h3-4H,1H2,2H3. The summed E-state index contributed by atoms with van der Waals surface area (Å²) in [6.45, 7) is 0. The van der Waals surface area contributed by atoms with Gasteiger partial charge in [0.1, 0.15) is 12.5 Å². The molecule has 2 atom stereocenters. The third kappa shape index (κ3) is 2.78. The first-order valence-corrected chi connectivity index (χ1v) is 9.01. The minimum absolute atomic E-state index is 0.0120. The SMILES string of the molecule is C=S(c1ncc([N+](=O)[O-])s1)c1ncc([S+](C)[O-])s1. The lowest BCUT2D eigenvalue weighted by molar-refractivity contribution is -0.380. The zero-order valence-corrected chi connectivity index (χ0v) is 12.3. The van der Waals surface area contributed by atoms with E-state index in [1.807, 2.05) is 0 Å². The van der Waals surface area contributed by atoms with E-state index in [0.29, 0.717) is 12.9 Å². The maximum Gasteiger partial charge on any atom is 0.344 e. The van der Waals surface area contributed by atoms with Crippen molar-refractivity contribution < 1.29 is 9.48 Å². The van der Waals surface area contributed by atoms with Crippen LogP contribution in [0.15, 0.2) is 25.3 Å². The van der Waals surface area contributed by atoms with Gasteiger partial charge in [-0.15, -0.1) is 0 Å². The Morgan fingerprint density at radius 3 is 2.50 bits per heavy atom. The lowest BCUT2D eigenvalue weighted by atomic mass is 10.9. The summed E-state index contributed by atoms with van der Waals surface area (Å²) in [7, 11) is -0.662. The topological polar surface area (TPSA) is 92.0 Å². The van der Waals surface area contributed by atoms with E-state index in [4.69, 9.17) is 0 Å². The van der Waals surface area contributed by atoms with Crippen LogP contribution in [-0.2, 0) is 11.2 Å². The quantitative estimate of drug-likeness (QED) is 0.373. The number of nitro groups is 1. The van der Waals surface area contributed by atoms with Crippen LogP contribution in [0.5, 0.6) is 0 Å².